The third-order valence-electron chi connectivity index (χ3n) is 2.31. The van der Waals surface area contributed by atoms with Crippen LogP contribution in [0.3, 0.4) is 0 Å². The molecule has 14 heavy (non-hydrogen) atoms. The number of benzene rings is 1. The predicted octanol–water partition coefficient (Wildman–Crippen LogP) is 1.19. The van der Waals surface area contributed by atoms with Gasteiger partial charge in [-0.1, -0.05) is 6.07 Å². The number of amides is 1. The zero-order valence-corrected chi connectivity index (χ0v) is 7.63. The summed E-state index contributed by atoms with van der Waals surface area (Å²) in [4.78, 5) is 21.8. The molecule has 0 saturated heterocycles. The third kappa shape index (κ3) is 1.25. The summed E-state index contributed by atoms with van der Waals surface area (Å²) in [5, 5.41) is 11.5. The average molecular weight is 191 g/mol. The maximum absolute atomic E-state index is 11.0. The molecular weight excluding hydrogens is 182 g/mol. The number of hydrogen-bond donors (Lipinski definition) is 2. The van der Waals surface area contributed by atoms with E-state index in [0.717, 1.165) is 5.56 Å². The minimum atomic E-state index is -0.966. The van der Waals surface area contributed by atoms with Crippen LogP contribution in [0.2, 0.25) is 0 Å². The lowest BCUT2D eigenvalue weighted by Gasteiger charge is -2.04. The molecule has 1 aromatic rings. The molecule has 0 aliphatic carbocycles. The van der Waals surface area contributed by atoms with Gasteiger partial charge >= 0.3 is 5.97 Å². The van der Waals surface area contributed by atoms with Crippen molar-refractivity contribution in [3.05, 3.63) is 28.8 Å². The SMILES string of the molecule is Cc1cc2c(cc1C(=O)O)NC(=O)C2. The van der Waals surface area contributed by atoms with Crippen LogP contribution in [-0.2, 0) is 11.2 Å². The van der Waals surface area contributed by atoms with Gasteiger partial charge in [-0.25, -0.2) is 4.79 Å². The fourth-order valence-corrected chi connectivity index (χ4v) is 1.63. The van der Waals surface area contributed by atoms with E-state index >= 15 is 0 Å². The number of carbonyl (C=O) groups excluding carboxylic acids is 1. The van der Waals surface area contributed by atoms with Crippen LogP contribution in [0.15, 0.2) is 12.1 Å². The van der Waals surface area contributed by atoms with Crippen LogP contribution >= 0.6 is 0 Å². The molecule has 72 valence electrons. The van der Waals surface area contributed by atoms with Crippen LogP contribution in [0.1, 0.15) is 21.5 Å². The molecule has 0 bridgehead atoms. The topological polar surface area (TPSA) is 66.4 Å². The number of aryl methyl sites for hydroxylation is 1. The summed E-state index contributed by atoms with van der Waals surface area (Å²) in [6, 6.07) is 3.26. The average Bonchev–Trinajstić information content (AvgIpc) is 2.42. The monoisotopic (exact) mass is 191 g/mol. The Morgan fingerprint density at radius 3 is 2.86 bits per heavy atom. The Kier molecular flexibility index (Phi) is 1.77. The first kappa shape index (κ1) is 8.74. The Labute approximate surface area is 80.6 Å². The second-order valence-corrected chi connectivity index (χ2v) is 3.35. The second kappa shape index (κ2) is 2.83. The predicted molar refractivity (Wildman–Crippen MR) is 50.5 cm³/mol. The van der Waals surface area contributed by atoms with Gasteiger partial charge in [-0.05, 0) is 24.1 Å². The van der Waals surface area contributed by atoms with E-state index in [1.807, 2.05) is 0 Å². The maximum Gasteiger partial charge on any atom is 0.336 e. The maximum atomic E-state index is 11.0. The molecular formula is C10H9NO3. The fraction of sp³-hybridized carbons (Fsp3) is 0.200. The molecule has 1 aliphatic heterocycles. The highest BCUT2D eigenvalue weighted by Gasteiger charge is 2.20. The first-order valence-corrected chi connectivity index (χ1v) is 4.24. The Morgan fingerprint density at radius 2 is 2.21 bits per heavy atom. The van der Waals surface area contributed by atoms with Crippen LogP contribution in [0.25, 0.3) is 0 Å². The molecule has 0 saturated carbocycles. The standard InChI is InChI=1S/C10H9NO3/c1-5-2-6-3-9(12)11-8(6)4-7(5)10(13)14/h2,4H,3H2,1H3,(H,11,12)(H,13,14). The van der Waals surface area contributed by atoms with Crippen LogP contribution in [-0.4, -0.2) is 17.0 Å². The Hall–Kier alpha value is -1.84. The molecule has 1 amide bonds. The van der Waals surface area contributed by atoms with E-state index < -0.39 is 5.97 Å². The first-order valence-electron chi connectivity index (χ1n) is 4.24. The fourth-order valence-electron chi connectivity index (χ4n) is 1.63. The molecule has 2 N–H and O–H groups in total. The number of aromatic carboxylic acids is 1. The van der Waals surface area contributed by atoms with Crippen molar-refractivity contribution in [2.24, 2.45) is 0 Å². The van der Waals surface area contributed by atoms with E-state index in [2.05, 4.69) is 5.32 Å². The molecule has 0 fully saturated rings. The van der Waals surface area contributed by atoms with Gasteiger partial charge in [0.1, 0.15) is 0 Å². The van der Waals surface area contributed by atoms with E-state index in [9.17, 15) is 9.59 Å². The molecule has 0 atom stereocenters. The van der Waals surface area contributed by atoms with Gasteiger partial charge in [-0.3, -0.25) is 4.79 Å². The van der Waals surface area contributed by atoms with Crippen molar-refractivity contribution >= 4 is 17.6 Å². The number of rotatable bonds is 1. The zero-order chi connectivity index (χ0) is 10.3. The van der Waals surface area contributed by atoms with Gasteiger partial charge in [-0.15, -0.1) is 0 Å². The molecule has 1 aromatic carbocycles. The molecule has 1 heterocycles. The van der Waals surface area contributed by atoms with Crippen LogP contribution < -0.4 is 5.32 Å². The summed E-state index contributed by atoms with van der Waals surface area (Å²) in [7, 11) is 0. The molecule has 1 aliphatic rings. The van der Waals surface area contributed by atoms with E-state index in [1.165, 1.54) is 6.07 Å². The van der Waals surface area contributed by atoms with Crippen molar-refractivity contribution in [1.82, 2.24) is 0 Å². The normalized spacial score (nSPS) is 13.6. The van der Waals surface area contributed by atoms with Crippen LogP contribution in [0, 0.1) is 6.92 Å². The highest BCUT2D eigenvalue weighted by atomic mass is 16.4. The van der Waals surface area contributed by atoms with E-state index in [-0.39, 0.29) is 11.5 Å². The smallest absolute Gasteiger partial charge is 0.336 e. The van der Waals surface area contributed by atoms with Crippen molar-refractivity contribution in [3.63, 3.8) is 0 Å². The number of carboxylic acid groups (broad SMARTS) is 1. The lowest BCUT2D eigenvalue weighted by molar-refractivity contribution is -0.115. The van der Waals surface area contributed by atoms with E-state index in [0.29, 0.717) is 17.7 Å². The van der Waals surface area contributed by atoms with Gasteiger partial charge in [0.05, 0.1) is 12.0 Å². The van der Waals surface area contributed by atoms with Gasteiger partial charge in [-0.2, -0.15) is 0 Å². The number of carboxylic acids is 1. The summed E-state index contributed by atoms with van der Waals surface area (Å²) >= 11 is 0. The summed E-state index contributed by atoms with van der Waals surface area (Å²) in [6.07, 6.45) is 0.343. The lowest BCUT2D eigenvalue weighted by Crippen LogP contribution is -2.04. The summed E-state index contributed by atoms with van der Waals surface area (Å²) < 4.78 is 0. The Morgan fingerprint density at radius 1 is 1.50 bits per heavy atom. The molecule has 4 heteroatoms. The van der Waals surface area contributed by atoms with E-state index in [4.69, 9.17) is 5.11 Å². The van der Waals surface area contributed by atoms with Crippen molar-refractivity contribution in [3.8, 4) is 0 Å². The van der Waals surface area contributed by atoms with Crippen molar-refractivity contribution in [2.45, 2.75) is 13.3 Å². The van der Waals surface area contributed by atoms with Crippen LogP contribution in [0.4, 0.5) is 5.69 Å². The molecule has 0 radical (unpaired) electrons. The summed E-state index contributed by atoms with van der Waals surface area (Å²) in [5.41, 5.74) is 2.43. The minimum absolute atomic E-state index is 0.0815. The van der Waals surface area contributed by atoms with Crippen molar-refractivity contribution in [2.75, 3.05) is 5.32 Å². The molecule has 0 unspecified atom stereocenters. The molecule has 2 rings (SSSR count). The van der Waals surface area contributed by atoms with Crippen molar-refractivity contribution < 1.29 is 14.7 Å². The first-order chi connectivity index (χ1) is 6.58. The van der Waals surface area contributed by atoms with Gasteiger partial charge in [0, 0.05) is 5.69 Å². The Balaban J connectivity index is 2.55. The minimum Gasteiger partial charge on any atom is -0.478 e. The molecule has 4 nitrogen and oxygen atoms in total. The van der Waals surface area contributed by atoms with Crippen LogP contribution in [0.5, 0.6) is 0 Å². The van der Waals surface area contributed by atoms with E-state index in [1.54, 1.807) is 13.0 Å². The summed E-state index contributed by atoms with van der Waals surface area (Å²) in [5.74, 6) is -1.05. The van der Waals surface area contributed by atoms with Gasteiger partial charge in [0.15, 0.2) is 0 Å². The highest BCUT2D eigenvalue weighted by Crippen LogP contribution is 2.26. The number of fused-ring (bicyclic) bond motifs is 1. The third-order valence-corrected chi connectivity index (χ3v) is 2.31. The Bertz CT molecular complexity index is 437. The van der Waals surface area contributed by atoms with Gasteiger partial charge < -0.3 is 10.4 Å². The van der Waals surface area contributed by atoms with Gasteiger partial charge in [0.25, 0.3) is 0 Å². The summed E-state index contributed by atoms with van der Waals surface area (Å²) in [6.45, 7) is 1.73. The number of carbonyl (C=O) groups is 2. The van der Waals surface area contributed by atoms with Crippen molar-refractivity contribution in [1.29, 1.82) is 0 Å². The lowest BCUT2D eigenvalue weighted by atomic mass is 10.0. The zero-order valence-electron chi connectivity index (χ0n) is 7.63. The number of nitrogens with one attached hydrogen (secondary N) is 1. The number of anilines is 1. The quantitative estimate of drug-likeness (QED) is 0.700. The highest BCUT2D eigenvalue weighted by molar-refractivity contribution is 6.01. The second-order valence-electron chi connectivity index (χ2n) is 3.35. The largest absolute Gasteiger partial charge is 0.478 e. The molecule has 0 aromatic heterocycles. The van der Waals surface area contributed by atoms with Gasteiger partial charge in [0.2, 0.25) is 5.91 Å². The molecule has 0 spiro atoms. The number of hydrogen-bond acceptors (Lipinski definition) is 2.